The van der Waals surface area contributed by atoms with Crippen molar-refractivity contribution >= 4 is 22.6 Å². The molecular weight excluding hydrogens is 329 g/mol. The topological polar surface area (TPSA) is 34.9 Å². The number of fused-ring (bicyclic) bond motifs is 1. The summed E-state index contributed by atoms with van der Waals surface area (Å²) < 4.78 is 42.5. The van der Waals surface area contributed by atoms with Crippen molar-refractivity contribution in [3.63, 3.8) is 0 Å². The molecule has 3 rings (SSSR count). The Morgan fingerprint density at radius 2 is 1.83 bits per heavy atom. The van der Waals surface area contributed by atoms with E-state index in [2.05, 4.69) is 4.98 Å². The van der Waals surface area contributed by atoms with Crippen molar-refractivity contribution in [3.8, 4) is 5.69 Å². The average molecular weight is 339 g/mol. The van der Waals surface area contributed by atoms with E-state index < -0.39 is 23.1 Å². The minimum absolute atomic E-state index is 0.00380. The number of aromatic nitrogens is 2. The Balaban J connectivity index is 2.49. The van der Waals surface area contributed by atoms with Gasteiger partial charge < -0.3 is 0 Å². The van der Waals surface area contributed by atoms with E-state index in [1.165, 1.54) is 18.3 Å². The van der Waals surface area contributed by atoms with Crippen molar-refractivity contribution in [2.24, 2.45) is 0 Å². The summed E-state index contributed by atoms with van der Waals surface area (Å²) in [4.78, 5) is 16.3. The first-order valence-electron chi connectivity index (χ1n) is 6.78. The zero-order valence-electron chi connectivity index (χ0n) is 11.9. The Kier molecular flexibility index (Phi) is 3.85. The van der Waals surface area contributed by atoms with Crippen LogP contribution in [0.15, 0.2) is 35.3 Å². The second kappa shape index (κ2) is 5.70. The number of rotatable bonds is 2. The highest BCUT2D eigenvalue weighted by Crippen LogP contribution is 2.24. The van der Waals surface area contributed by atoms with Gasteiger partial charge in [-0.2, -0.15) is 0 Å². The monoisotopic (exact) mass is 338 g/mol. The molecule has 3 aromatic rings. The number of aryl methyl sites for hydroxylation is 1. The molecule has 0 N–H and O–H groups in total. The lowest BCUT2D eigenvalue weighted by Crippen LogP contribution is -2.16. The number of hydrogen-bond donors (Lipinski definition) is 0. The van der Waals surface area contributed by atoms with Gasteiger partial charge in [0.2, 0.25) is 0 Å². The molecule has 118 valence electrons. The van der Waals surface area contributed by atoms with E-state index in [1.807, 2.05) is 0 Å². The fraction of sp³-hybridized carbons (Fsp3) is 0.125. The van der Waals surface area contributed by atoms with Gasteiger partial charge in [-0.25, -0.2) is 18.2 Å². The van der Waals surface area contributed by atoms with Crippen molar-refractivity contribution in [3.05, 3.63) is 68.9 Å². The first kappa shape index (κ1) is 15.6. The third-order valence-electron chi connectivity index (χ3n) is 3.49. The maximum Gasteiger partial charge on any atom is 0.194 e. The summed E-state index contributed by atoms with van der Waals surface area (Å²) in [5.74, 6) is -3.23. The summed E-state index contributed by atoms with van der Waals surface area (Å²) in [5, 5.41) is 0.245. The highest BCUT2D eigenvalue weighted by molar-refractivity contribution is 6.29. The summed E-state index contributed by atoms with van der Waals surface area (Å²) >= 11 is 5.83. The van der Waals surface area contributed by atoms with E-state index in [0.29, 0.717) is 24.1 Å². The van der Waals surface area contributed by atoms with Crippen LogP contribution < -0.4 is 5.43 Å². The van der Waals surface area contributed by atoms with Gasteiger partial charge in [0.25, 0.3) is 0 Å². The molecule has 0 saturated heterocycles. The Morgan fingerprint density at radius 1 is 1.17 bits per heavy atom. The summed E-state index contributed by atoms with van der Waals surface area (Å²) in [7, 11) is 0. The number of halogens is 4. The van der Waals surface area contributed by atoms with Gasteiger partial charge in [-0.05, 0) is 18.6 Å². The minimum atomic E-state index is -1.10. The molecule has 7 heteroatoms. The van der Waals surface area contributed by atoms with Gasteiger partial charge in [0, 0.05) is 23.9 Å². The predicted octanol–water partition coefficient (Wildman–Crippen LogP) is 4.02. The van der Waals surface area contributed by atoms with Gasteiger partial charge in [-0.15, -0.1) is 0 Å². The predicted molar refractivity (Wildman–Crippen MR) is 81.6 cm³/mol. The van der Waals surface area contributed by atoms with E-state index in [1.54, 1.807) is 6.92 Å². The van der Waals surface area contributed by atoms with Gasteiger partial charge in [0.05, 0.1) is 5.39 Å². The Bertz CT molecular complexity index is 962. The second-order valence-electron chi connectivity index (χ2n) is 4.93. The molecule has 0 fully saturated rings. The van der Waals surface area contributed by atoms with Crippen molar-refractivity contribution in [1.29, 1.82) is 0 Å². The van der Waals surface area contributed by atoms with Crippen LogP contribution in [-0.4, -0.2) is 9.55 Å². The molecule has 1 aromatic carbocycles. The zero-order chi connectivity index (χ0) is 16.7. The number of pyridine rings is 2. The molecule has 3 nitrogen and oxygen atoms in total. The van der Waals surface area contributed by atoms with Crippen molar-refractivity contribution in [2.75, 3.05) is 0 Å². The fourth-order valence-electron chi connectivity index (χ4n) is 2.42. The van der Waals surface area contributed by atoms with Crippen LogP contribution in [0.4, 0.5) is 13.2 Å². The highest BCUT2D eigenvalue weighted by Gasteiger charge is 2.18. The molecule has 0 aliphatic heterocycles. The maximum absolute atomic E-state index is 14.1. The Morgan fingerprint density at radius 3 is 2.43 bits per heavy atom. The van der Waals surface area contributed by atoms with Gasteiger partial charge in [-0.3, -0.25) is 9.36 Å². The first-order chi connectivity index (χ1) is 10.9. The summed E-state index contributed by atoms with van der Waals surface area (Å²) in [6.45, 7) is 1.74. The van der Waals surface area contributed by atoms with E-state index in [0.717, 1.165) is 4.57 Å². The first-order valence-corrected chi connectivity index (χ1v) is 7.16. The summed E-state index contributed by atoms with van der Waals surface area (Å²) in [5.41, 5.74) is -0.444. The zero-order valence-corrected chi connectivity index (χ0v) is 12.7. The van der Waals surface area contributed by atoms with Gasteiger partial charge in [0.15, 0.2) is 17.1 Å². The molecule has 0 bridgehead atoms. The largest absolute Gasteiger partial charge is 0.295 e. The number of hydrogen-bond acceptors (Lipinski definition) is 2. The summed E-state index contributed by atoms with van der Waals surface area (Å²) in [6, 6.07) is 4.01. The van der Waals surface area contributed by atoms with E-state index in [4.69, 9.17) is 11.6 Å². The fourth-order valence-corrected chi connectivity index (χ4v) is 2.56. The average Bonchev–Trinajstić information content (AvgIpc) is 2.48. The molecule has 0 unspecified atom stereocenters. The van der Waals surface area contributed by atoms with Crippen LogP contribution in [-0.2, 0) is 6.42 Å². The summed E-state index contributed by atoms with van der Waals surface area (Å²) in [6.07, 6.45) is 1.66. The van der Waals surface area contributed by atoms with Crippen LogP contribution >= 0.6 is 11.6 Å². The van der Waals surface area contributed by atoms with Crippen molar-refractivity contribution < 1.29 is 13.2 Å². The third kappa shape index (κ3) is 2.59. The van der Waals surface area contributed by atoms with Crippen LogP contribution in [0.3, 0.4) is 0 Å². The van der Waals surface area contributed by atoms with Crippen LogP contribution in [0.25, 0.3) is 16.7 Å². The van der Waals surface area contributed by atoms with Gasteiger partial charge >= 0.3 is 0 Å². The van der Waals surface area contributed by atoms with Gasteiger partial charge in [-0.1, -0.05) is 18.5 Å². The minimum Gasteiger partial charge on any atom is -0.295 e. The second-order valence-corrected chi connectivity index (χ2v) is 5.32. The van der Waals surface area contributed by atoms with Crippen LogP contribution in [0.2, 0.25) is 5.15 Å². The molecule has 0 aliphatic rings. The smallest absolute Gasteiger partial charge is 0.194 e. The molecule has 0 aliphatic carbocycles. The number of benzene rings is 1. The molecule has 0 saturated carbocycles. The lowest BCUT2D eigenvalue weighted by molar-refractivity contribution is 0.535. The van der Waals surface area contributed by atoms with Crippen LogP contribution in [0.1, 0.15) is 12.5 Å². The van der Waals surface area contributed by atoms with Crippen LogP contribution in [0, 0.1) is 17.5 Å². The molecular formula is C16H10ClF3N2O. The quantitative estimate of drug-likeness (QED) is 0.661. The molecule has 0 amide bonds. The van der Waals surface area contributed by atoms with Crippen LogP contribution in [0.5, 0.6) is 0 Å². The molecule has 23 heavy (non-hydrogen) atoms. The number of nitrogens with zero attached hydrogens (tertiary/aromatic N) is 2. The molecule has 2 heterocycles. The SMILES string of the molecule is CCc1cn(-c2c(F)cc(F)cc2F)c2nc(Cl)ccc2c1=O. The van der Waals surface area contributed by atoms with E-state index in [9.17, 15) is 18.0 Å². The lowest BCUT2D eigenvalue weighted by Gasteiger charge is -2.14. The van der Waals surface area contributed by atoms with E-state index >= 15 is 0 Å². The highest BCUT2D eigenvalue weighted by atomic mass is 35.5. The van der Waals surface area contributed by atoms with Crippen molar-refractivity contribution in [2.45, 2.75) is 13.3 Å². The van der Waals surface area contributed by atoms with E-state index in [-0.39, 0.29) is 21.6 Å². The molecule has 0 spiro atoms. The maximum atomic E-state index is 14.1. The normalized spacial score (nSPS) is 11.2. The Labute approximate surface area is 134 Å². The van der Waals surface area contributed by atoms with Gasteiger partial charge in [0.1, 0.15) is 22.3 Å². The standard InChI is InChI=1S/C16H10ClF3N2O/c1-2-8-7-22(14-11(19)5-9(18)6-12(14)20)16-10(15(8)23)3-4-13(17)21-16/h3-7H,2H2,1H3. The molecule has 0 radical (unpaired) electrons. The lowest BCUT2D eigenvalue weighted by atomic mass is 10.1. The molecule has 2 aromatic heterocycles. The molecule has 0 atom stereocenters. The van der Waals surface area contributed by atoms with Crippen molar-refractivity contribution in [1.82, 2.24) is 9.55 Å². The Hall–Kier alpha value is -2.34. The third-order valence-corrected chi connectivity index (χ3v) is 3.70.